The second-order valence-electron chi connectivity index (χ2n) is 3.24. The molecule has 1 aromatic rings. The summed E-state index contributed by atoms with van der Waals surface area (Å²) in [6.45, 7) is 1.81. The number of carbonyl (C=O) groups excluding carboxylic acids is 1. The van der Waals surface area contributed by atoms with Gasteiger partial charge in [0.2, 0.25) is 0 Å². The highest BCUT2D eigenvalue weighted by Gasteiger charge is 2.07. The molecule has 0 heterocycles. The van der Waals surface area contributed by atoms with Gasteiger partial charge in [-0.3, -0.25) is 4.79 Å². The lowest BCUT2D eigenvalue weighted by molar-refractivity contribution is -0.131. The predicted molar refractivity (Wildman–Crippen MR) is 63.9 cm³/mol. The number of aliphatic hydroxyl groups excluding tert-OH is 1. The molecule has 0 aliphatic carbocycles. The first kappa shape index (κ1) is 14.9. The Labute approximate surface area is 101 Å². The number of hydrogen-bond acceptors (Lipinski definition) is 4. The zero-order chi connectivity index (χ0) is 11.3. The smallest absolute Gasteiger partial charge is 0.308 e. The van der Waals surface area contributed by atoms with Crippen LogP contribution in [0.3, 0.4) is 0 Å². The van der Waals surface area contributed by atoms with Gasteiger partial charge >= 0.3 is 5.97 Å². The van der Waals surface area contributed by atoms with Crippen LogP contribution in [-0.2, 0) is 4.79 Å². The van der Waals surface area contributed by atoms with Crippen LogP contribution in [0.25, 0.3) is 0 Å². The van der Waals surface area contributed by atoms with Gasteiger partial charge < -0.3 is 15.2 Å². The van der Waals surface area contributed by atoms with Gasteiger partial charge in [-0.25, -0.2) is 0 Å². The second-order valence-corrected chi connectivity index (χ2v) is 3.24. The Morgan fingerprint density at radius 2 is 2.25 bits per heavy atom. The van der Waals surface area contributed by atoms with Crippen molar-refractivity contribution < 1.29 is 14.6 Å². The number of esters is 1. The third-order valence-electron chi connectivity index (χ3n) is 1.90. The largest absolute Gasteiger partial charge is 0.427 e. The lowest BCUT2D eigenvalue weighted by Gasteiger charge is -2.11. The number of halogens is 1. The number of ether oxygens (including phenoxy) is 1. The molecule has 0 bridgehead atoms. The van der Waals surface area contributed by atoms with E-state index in [0.29, 0.717) is 12.3 Å². The zero-order valence-corrected chi connectivity index (χ0v) is 10.1. The topological polar surface area (TPSA) is 58.6 Å². The predicted octanol–water partition coefficient (Wildman–Crippen LogP) is 1.29. The van der Waals surface area contributed by atoms with E-state index < -0.39 is 6.10 Å². The minimum atomic E-state index is -0.592. The highest BCUT2D eigenvalue weighted by Crippen LogP contribution is 2.18. The Balaban J connectivity index is 0.00000225. The van der Waals surface area contributed by atoms with Gasteiger partial charge in [0.05, 0.1) is 6.10 Å². The monoisotopic (exact) mass is 245 g/mol. The van der Waals surface area contributed by atoms with Crippen molar-refractivity contribution in [3.8, 4) is 5.75 Å². The molecule has 1 aromatic carbocycles. The molecule has 16 heavy (non-hydrogen) atoms. The van der Waals surface area contributed by atoms with Crippen molar-refractivity contribution in [3.05, 3.63) is 29.8 Å². The van der Waals surface area contributed by atoms with Crippen molar-refractivity contribution in [1.29, 1.82) is 0 Å². The molecule has 5 heteroatoms. The lowest BCUT2D eigenvalue weighted by atomic mass is 10.1. The van der Waals surface area contributed by atoms with E-state index in [9.17, 15) is 9.90 Å². The first-order valence-corrected chi connectivity index (χ1v) is 4.74. The first-order valence-electron chi connectivity index (χ1n) is 4.74. The standard InChI is InChI=1S/C11H15NO3.ClH/c1-8(13)15-10-5-3-4-9(6-10)11(14)7-12-2;/h3-6,11-12,14H,7H2,1-2H3;1H/t11-;/m0./s1. The van der Waals surface area contributed by atoms with E-state index >= 15 is 0 Å². The third kappa shape index (κ3) is 4.61. The van der Waals surface area contributed by atoms with Crippen molar-refractivity contribution >= 4 is 18.4 Å². The van der Waals surface area contributed by atoms with Crippen LogP contribution in [-0.4, -0.2) is 24.7 Å². The van der Waals surface area contributed by atoms with Gasteiger partial charge in [0.1, 0.15) is 5.75 Å². The molecule has 0 aliphatic rings. The van der Waals surface area contributed by atoms with E-state index in [0.717, 1.165) is 5.56 Å². The maximum Gasteiger partial charge on any atom is 0.308 e. The quantitative estimate of drug-likeness (QED) is 0.620. The number of likely N-dealkylation sites (N-methyl/N-ethyl adjacent to an activating group) is 1. The van der Waals surface area contributed by atoms with Crippen LogP contribution in [0.4, 0.5) is 0 Å². The number of nitrogens with one attached hydrogen (secondary N) is 1. The number of rotatable bonds is 4. The summed E-state index contributed by atoms with van der Waals surface area (Å²) in [7, 11) is 1.76. The summed E-state index contributed by atoms with van der Waals surface area (Å²) in [5.74, 6) is 0.0883. The highest BCUT2D eigenvalue weighted by molar-refractivity contribution is 5.85. The summed E-state index contributed by atoms with van der Waals surface area (Å²) in [6.07, 6.45) is -0.592. The highest BCUT2D eigenvalue weighted by atomic mass is 35.5. The summed E-state index contributed by atoms with van der Waals surface area (Å²) >= 11 is 0. The number of hydrogen-bond donors (Lipinski definition) is 2. The summed E-state index contributed by atoms with van der Waals surface area (Å²) in [6, 6.07) is 6.86. The van der Waals surface area contributed by atoms with Crippen molar-refractivity contribution in [2.75, 3.05) is 13.6 Å². The molecule has 0 fully saturated rings. The zero-order valence-electron chi connectivity index (χ0n) is 9.27. The fraction of sp³-hybridized carbons (Fsp3) is 0.364. The Bertz CT molecular complexity index is 344. The van der Waals surface area contributed by atoms with E-state index in [1.54, 1.807) is 31.3 Å². The van der Waals surface area contributed by atoms with Crippen molar-refractivity contribution in [1.82, 2.24) is 5.32 Å². The van der Waals surface area contributed by atoms with Crippen LogP contribution >= 0.6 is 12.4 Å². The van der Waals surface area contributed by atoms with E-state index in [2.05, 4.69) is 5.32 Å². The second kappa shape index (κ2) is 7.22. The molecule has 0 amide bonds. The Morgan fingerprint density at radius 1 is 1.56 bits per heavy atom. The number of aliphatic hydroxyl groups is 1. The maximum absolute atomic E-state index is 10.7. The maximum atomic E-state index is 10.7. The minimum absolute atomic E-state index is 0. The van der Waals surface area contributed by atoms with Gasteiger partial charge in [0.25, 0.3) is 0 Å². The average Bonchev–Trinajstić information content (AvgIpc) is 2.17. The van der Waals surface area contributed by atoms with Crippen molar-refractivity contribution in [2.45, 2.75) is 13.0 Å². The van der Waals surface area contributed by atoms with Crippen molar-refractivity contribution in [3.63, 3.8) is 0 Å². The Morgan fingerprint density at radius 3 is 2.81 bits per heavy atom. The molecule has 0 unspecified atom stereocenters. The van der Waals surface area contributed by atoms with Gasteiger partial charge in [-0.15, -0.1) is 12.4 Å². The van der Waals surface area contributed by atoms with E-state index in [1.165, 1.54) is 6.92 Å². The van der Waals surface area contributed by atoms with Gasteiger partial charge in [0.15, 0.2) is 0 Å². The molecule has 90 valence electrons. The number of carbonyl (C=O) groups is 1. The molecule has 0 aliphatic heterocycles. The van der Waals surface area contributed by atoms with Gasteiger partial charge in [-0.05, 0) is 24.7 Å². The van der Waals surface area contributed by atoms with E-state index in [1.807, 2.05) is 0 Å². The molecular formula is C11H16ClNO3. The third-order valence-corrected chi connectivity index (χ3v) is 1.90. The molecule has 0 spiro atoms. The Hall–Kier alpha value is -1.10. The van der Waals surface area contributed by atoms with Crippen molar-refractivity contribution in [2.24, 2.45) is 0 Å². The SMILES string of the molecule is CNC[C@H](O)c1cccc(OC(C)=O)c1.Cl. The summed E-state index contributed by atoms with van der Waals surface area (Å²) < 4.78 is 4.91. The average molecular weight is 246 g/mol. The summed E-state index contributed by atoms with van der Waals surface area (Å²) in [5.41, 5.74) is 0.725. The molecule has 1 rings (SSSR count). The molecular weight excluding hydrogens is 230 g/mol. The van der Waals surface area contributed by atoms with Crippen LogP contribution in [0.2, 0.25) is 0 Å². The Kier molecular flexibility index (Phi) is 6.72. The van der Waals surface area contributed by atoms with Gasteiger partial charge in [-0.2, -0.15) is 0 Å². The molecule has 2 N–H and O–H groups in total. The first-order chi connectivity index (χ1) is 7.13. The van der Waals surface area contributed by atoms with Crippen LogP contribution in [0, 0.1) is 0 Å². The van der Waals surface area contributed by atoms with Crippen LogP contribution in [0.1, 0.15) is 18.6 Å². The number of benzene rings is 1. The molecule has 1 atom stereocenters. The summed E-state index contributed by atoms with van der Waals surface area (Å²) in [5, 5.41) is 12.5. The fourth-order valence-corrected chi connectivity index (χ4v) is 1.26. The molecule has 0 aromatic heterocycles. The van der Waals surface area contributed by atoms with Crippen LogP contribution in [0.15, 0.2) is 24.3 Å². The van der Waals surface area contributed by atoms with Gasteiger partial charge in [-0.1, -0.05) is 12.1 Å². The normalized spacial score (nSPS) is 11.4. The molecule has 4 nitrogen and oxygen atoms in total. The lowest BCUT2D eigenvalue weighted by Crippen LogP contribution is -2.16. The van der Waals surface area contributed by atoms with E-state index in [-0.39, 0.29) is 18.4 Å². The fourth-order valence-electron chi connectivity index (χ4n) is 1.26. The minimum Gasteiger partial charge on any atom is -0.427 e. The molecule has 0 radical (unpaired) electrons. The molecule has 0 saturated carbocycles. The summed E-state index contributed by atoms with van der Waals surface area (Å²) in [4.78, 5) is 10.7. The molecule has 0 saturated heterocycles. The van der Waals surface area contributed by atoms with Gasteiger partial charge in [0, 0.05) is 13.5 Å². The van der Waals surface area contributed by atoms with Crippen LogP contribution in [0.5, 0.6) is 5.75 Å². The van der Waals surface area contributed by atoms with Crippen LogP contribution < -0.4 is 10.1 Å². The van der Waals surface area contributed by atoms with E-state index in [4.69, 9.17) is 4.74 Å².